The van der Waals surface area contributed by atoms with Gasteiger partial charge in [0.1, 0.15) is 0 Å². The summed E-state index contributed by atoms with van der Waals surface area (Å²) in [5, 5.41) is 0.528. The third kappa shape index (κ3) is 6.03. The molecule has 0 fully saturated rings. The fraction of sp³-hybridized carbons (Fsp3) is 0.538. The van der Waals surface area contributed by atoms with E-state index in [2.05, 4.69) is 20.7 Å². The van der Waals surface area contributed by atoms with Crippen molar-refractivity contribution in [2.45, 2.75) is 18.9 Å². The molecule has 0 saturated heterocycles. The van der Waals surface area contributed by atoms with E-state index in [1.54, 1.807) is 7.11 Å². The molecule has 19 heavy (non-hydrogen) atoms. The molecule has 0 amide bonds. The predicted octanol–water partition coefficient (Wildman–Crippen LogP) is 2.12. The van der Waals surface area contributed by atoms with Crippen LogP contribution in [0.25, 0.3) is 0 Å². The molecule has 0 aromatic heterocycles. The van der Waals surface area contributed by atoms with Crippen LogP contribution in [-0.4, -0.2) is 39.3 Å². The lowest BCUT2D eigenvalue weighted by molar-refractivity contribution is 0.182. The molecule has 0 saturated carbocycles. The number of rotatable bonds is 8. The highest BCUT2D eigenvalue weighted by Gasteiger charge is 2.20. The van der Waals surface area contributed by atoms with E-state index in [0.717, 1.165) is 5.56 Å². The van der Waals surface area contributed by atoms with Crippen LogP contribution in [0.1, 0.15) is 18.4 Å². The standard InChI is InChI=1S/C13H20BrNO3S/c1-11(12-6-4-3-5-7-12)10-19(16,17)15-13(8-14)9-18-2/h3-7,11,13,15H,8-10H2,1-2H3. The topological polar surface area (TPSA) is 55.4 Å². The van der Waals surface area contributed by atoms with Gasteiger partial charge in [-0.3, -0.25) is 0 Å². The molecular weight excluding hydrogens is 330 g/mol. The average molecular weight is 350 g/mol. The first-order valence-electron chi connectivity index (χ1n) is 6.08. The normalized spacial score (nSPS) is 15.1. The van der Waals surface area contributed by atoms with Crippen molar-refractivity contribution in [3.63, 3.8) is 0 Å². The number of ether oxygens (including phenoxy) is 1. The number of hydrogen-bond acceptors (Lipinski definition) is 3. The molecule has 4 nitrogen and oxygen atoms in total. The minimum absolute atomic E-state index is 0.0442. The Morgan fingerprint density at radius 1 is 1.32 bits per heavy atom. The van der Waals surface area contributed by atoms with E-state index < -0.39 is 10.0 Å². The summed E-state index contributed by atoms with van der Waals surface area (Å²) >= 11 is 3.27. The zero-order valence-corrected chi connectivity index (χ0v) is 13.6. The number of benzene rings is 1. The minimum Gasteiger partial charge on any atom is -0.383 e. The summed E-state index contributed by atoms with van der Waals surface area (Å²) in [6.45, 7) is 2.26. The monoisotopic (exact) mass is 349 g/mol. The third-order valence-electron chi connectivity index (χ3n) is 2.74. The molecule has 1 aromatic carbocycles. The lowest BCUT2D eigenvalue weighted by Crippen LogP contribution is -2.41. The smallest absolute Gasteiger partial charge is 0.212 e. The Morgan fingerprint density at radius 3 is 2.47 bits per heavy atom. The van der Waals surface area contributed by atoms with Gasteiger partial charge in [0.05, 0.1) is 18.4 Å². The van der Waals surface area contributed by atoms with E-state index in [0.29, 0.717) is 11.9 Å². The van der Waals surface area contributed by atoms with Crippen LogP contribution in [0.3, 0.4) is 0 Å². The second-order valence-electron chi connectivity index (χ2n) is 4.52. The van der Waals surface area contributed by atoms with Gasteiger partial charge in [-0.05, 0) is 11.5 Å². The Morgan fingerprint density at radius 2 is 1.95 bits per heavy atom. The van der Waals surface area contributed by atoms with Gasteiger partial charge >= 0.3 is 0 Å². The summed E-state index contributed by atoms with van der Waals surface area (Å²) in [6.07, 6.45) is 0. The first-order chi connectivity index (χ1) is 8.98. The van der Waals surface area contributed by atoms with Crippen molar-refractivity contribution in [3.8, 4) is 0 Å². The van der Waals surface area contributed by atoms with Crippen LogP contribution in [0.4, 0.5) is 0 Å². The molecule has 1 aromatic rings. The minimum atomic E-state index is -3.32. The van der Waals surface area contributed by atoms with Crippen LogP contribution in [0.2, 0.25) is 0 Å². The Labute approximate surface area is 123 Å². The van der Waals surface area contributed by atoms with Crippen LogP contribution in [0, 0.1) is 0 Å². The highest BCUT2D eigenvalue weighted by molar-refractivity contribution is 9.09. The maximum Gasteiger partial charge on any atom is 0.212 e. The average Bonchev–Trinajstić information content (AvgIpc) is 2.38. The summed E-state index contributed by atoms with van der Waals surface area (Å²) in [7, 11) is -1.77. The van der Waals surface area contributed by atoms with Crippen molar-refractivity contribution in [1.29, 1.82) is 0 Å². The second-order valence-corrected chi connectivity index (χ2v) is 6.96. The van der Waals surface area contributed by atoms with Gasteiger partial charge < -0.3 is 4.74 Å². The fourth-order valence-electron chi connectivity index (χ4n) is 1.82. The molecule has 0 aliphatic heterocycles. The zero-order chi connectivity index (χ0) is 14.3. The molecule has 0 aliphatic rings. The number of alkyl halides is 1. The first kappa shape index (κ1) is 16.6. The lowest BCUT2D eigenvalue weighted by Gasteiger charge is -2.18. The highest BCUT2D eigenvalue weighted by atomic mass is 79.9. The Kier molecular flexibility index (Phi) is 6.99. The molecule has 0 radical (unpaired) electrons. The molecule has 0 heterocycles. The maximum atomic E-state index is 12.1. The SMILES string of the molecule is COCC(CBr)NS(=O)(=O)CC(C)c1ccccc1. The molecule has 1 N–H and O–H groups in total. The number of halogens is 1. The Hall–Kier alpha value is -0.430. The van der Waals surface area contributed by atoms with E-state index in [1.165, 1.54) is 0 Å². The Balaban J connectivity index is 2.64. The van der Waals surface area contributed by atoms with Gasteiger partial charge in [-0.25, -0.2) is 13.1 Å². The van der Waals surface area contributed by atoms with Gasteiger partial charge in [-0.2, -0.15) is 0 Å². The zero-order valence-electron chi connectivity index (χ0n) is 11.2. The van der Waals surface area contributed by atoms with Crippen molar-refractivity contribution in [3.05, 3.63) is 35.9 Å². The van der Waals surface area contributed by atoms with Crippen molar-refractivity contribution in [2.75, 3.05) is 24.8 Å². The summed E-state index contributed by atoms with van der Waals surface area (Å²) < 4.78 is 31.8. The first-order valence-corrected chi connectivity index (χ1v) is 8.85. The van der Waals surface area contributed by atoms with E-state index >= 15 is 0 Å². The third-order valence-corrected chi connectivity index (χ3v) is 5.15. The molecule has 0 bridgehead atoms. The predicted molar refractivity (Wildman–Crippen MR) is 81.2 cm³/mol. The highest BCUT2D eigenvalue weighted by Crippen LogP contribution is 2.16. The number of nitrogens with one attached hydrogen (secondary N) is 1. The summed E-state index contributed by atoms with van der Waals surface area (Å²) in [4.78, 5) is 0. The van der Waals surface area contributed by atoms with Crippen LogP contribution in [0.5, 0.6) is 0 Å². The van der Waals surface area contributed by atoms with Crippen molar-refractivity contribution < 1.29 is 13.2 Å². The second kappa shape index (κ2) is 7.99. The van der Waals surface area contributed by atoms with E-state index in [1.807, 2.05) is 37.3 Å². The largest absolute Gasteiger partial charge is 0.383 e. The van der Waals surface area contributed by atoms with Crippen molar-refractivity contribution in [2.24, 2.45) is 0 Å². The van der Waals surface area contributed by atoms with Gasteiger partial charge in [0, 0.05) is 12.4 Å². The number of methoxy groups -OCH3 is 1. The van der Waals surface area contributed by atoms with Gasteiger partial charge in [0.2, 0.25) is 10.0 Å². The van der Waals surface area contributed by atoms with Gasteiger partial charge in [0.25, 0.3) is 0 Å². The summed E-state index contributed by atoms with van der Waals surface area (Å²) in [5.41, 5.74) is 1.02. The maximum absolute atomic E-state index is 12.1. The molecule has 0 spiro atoms. The van der Waals surface area contributed by atoms with E-state index in [9.17, 15) is 8.42 Å². The van der Waals surface area contributed by atoms with Crippen LogP contribution >= 0.6 is 15.9 Å². The van der Waals surface area contributed by atoms with Crippen LogP contribution in [-0.2, 0) is 14.8 Å². The Bertz CT molecular complexity index is 464. The van der Waals surface area contributed by atoms with E-state index in [4.69, 9.17) is 4.74 Å². The van der Waals surface area contributed by atoms with E-state index in [-0.39, 0.29) is 17.7 Å². The molecule has 2 atom stereocenters. The molecule has 0 aliphatic carbocycles. The molecular formula is C13H20BrNO3S. The van der Waals surface area contributed by atoms with Crippen molar-refractivity contribution in [1.82, 2.24) is 4.72 Å². The molecule has 2 unspecified atom stereocenters. The van der Waals surface area contributed by atoms with Gasteiger partial charge in [0.15, 0.2) is 0 Å². The fourth-order valence-corrected chi connectivity index (χ4v) is 3.99. The quantitative estimate of drug-likeness (QED) is 0.731. The summed E-state index contributed by atoms with van der Waals surface area (Å²) in [6, 6.07) is 9.39. The number of hydrogen-bond donors (Lipinski definition) is 1. The van der Waals surface area contributed by atoms with Crippen LogP contribution in [0.15, 0.2) is 30.3 Å². The van der Waals surface area contributed by atoms with Gasteiger partial charge in [-0.1, -0.05) is 53.2 Å². The van der Waals surface area contributed by atoms with Gasteiger partial charge in [-0.15, -0.1) is 0 Å². The molecule has 108 valence electrons. The molecule has 1 rings (SSSR count). The molecule has 6 heteroatoms. The lowest BCUT2D eigenvalue weighted by atomic mass is 10.0. The summed E-state index contributed by atoms with van der Waals surface area (Å²) in [5.74, 6) is 0.0294. The van der Waals surface area contributed by atoms with Crippen LogP contribution < -0.4 is 4.72 Å². The number of sulfonamides is 1. The van der Waals surface area contributed by atoms with Crippen molar-refractivity contribution >= 4 is 26.0 Å².